The van der Waals surface area contributed by atoms with E-state index in [1.165, 1.54) is 0 Å². The molecule has 34 heavy (non-hydrogen) atoms. The minimum Gasteiger partial charge on any atom is -0.392 e. The normalized spacial score (nSPS) is 11.2. The third-order valence-electron chi connectivity index (χ3n) is 5.98. The zero-order chi connectivity index (χ0) is 23.8. The van der Waals surface area contributed by atoms with Crippen molar-refractivity contribution in [3.05, 3.63) is 84.0 Å². The number of hydrogen-bond acceptors (Lipinski definition) is 5. The summed E-state index contributed by atoms with van der Waals surface area (Å²) in [4.78, 5) is 15.7. The van der Waals surface area contributed by atoms with Crippen LogP contribution in [0.1, 0.15) is 5.56 Å². The molecule has 3 aromatic heterocycles. The molecule has 3 heterocycles. The number of anilines is 1. The molecule has 2 aromatic carbocycles. The molecule has 0 aliphatic heterocycles. The monoisotopic (exact) mass is 469 g/mol. The number of rotatable bonds is 5. The van der Waals surface area contributed by atoms with Gasteiger partial charge in [0.05, 0.1) is 41.7 Å². The summed E-state index contributed by atoms with van der Waals surface area (Å²) < 4.78 is 1.92. The van der Waals surface area contributed by atoms with Gasteiger partial charge < -0.3 is 14.6 Å². The summed E-state index contributed by atoms with van der Waals surface area (Å²) in [6, 6.07) is 18.0. The minimum absolute atomic E-state index is 0.102. The Morgan fingerprint density at radius 2 is 1.79 bits per heavy atom. The smallest absolute Gasteiger partial charge is 0.139 e. The van der Waals surface area contributed by atoms with Crippen molar-refractivity contribution in [1.82, 2.24) is 19.5 Å². The molecule has 0 atom stereocenters. The highest BCUT2D eigenvalue weighted by Crippen LogP contribution is 2.42. The fraction of sp³-hybridized carbons (Fsp3) is 0.148. The van der Waals surface area contributed by atoms with Gasteiger partial charge in [0.25, 0.3) is 0 Å². The fourth-order valence-electron chi connectivity index (χ4n) is 4.43. The van der Waals surface area contributed by atoms with E-state index < -0.39 is 0 Å². The van der Waals surface area contributed by atoms with Gasteiger partial charge in [-0.2, -0.15) is 0 Å². The topological polar surface area (TPSA) is 67.1 Å². The molecule has 0 bridgehead atoms. The predicted molar refractivity (Wildman–Crippen MR) is 138 cm³/mol. The van der Waals surface area contributed by atoms with E-state index in [0.717, 1.165) is 55.8 Å². The zero-order valence-corrected chi connectivity index (χ0v) is 20.0. The van der Waals surface area contributed by atoms with Crippen LogP contribution in [0.2, 0.25) is 5.15 Å². The van der Waals surface area contributed by atoms with E-state index in [1.807, 2.05) is 74.2 Å². The number of nitrogens with zero attached hydrogens (tertiary/aromatic N) is 5. The van der Waals surface area contributed by atoms with Crippen LogP contribution < -0.4 is 4.90 Å². The van der Waals surface area contributed by atoms with Gasteiger partial charge in [-0.1, -0.05) is 48.0 Å². The van der Waals surface area contributed by atoms with E-state index in [1.54, 1.807) is 18.7 Å². The first kappa shape index (κ1) is 22.1. The Morgan fingerprint density at radius 3 is 2.47 bits per heavy atom. The lowest BCUT2D eigenvalue weighted by molar-refractivity contribution is 0.282. The lowest BCUT2D eigenvalue weighted by Crippen LogP contribution is -2.12. The quantitative estimate of drug-likeness (QED) is 0.340. The van der Waals surface area contributed by atoms with Crippen LogP contribution in [0.5, 0.6) is 0 Å². The summed E-state index contributed by atoms with van der Waals surface area (Å²) in [5.74, 6) is 0. The van der Waals surface area contributed by atoms with Gasteiger partial charge in [-0.25, -0.2) is 9.97 Å². The molecule has 1 N–H and O–H groups in total. The van der Waals surface area contributed by atoms with Crippen molar-refractivity contribution in [3.8, 4) is 33.6 Å². The number of pyridine rings is 2. The number of aromatic nitrogens is 4. The van der Waals surface area contributed by atoms with E-state index in [-0.39, 0.29) is 6.61 Å². The van der Waals surface area contributed by atoms with Gasteiger partial charge in [0.15, 0.2) is 0 Å². The summed E-state index contributed by atoms with van der Waals surface area (Å²) in [5, 5.41) is 11.6. The third-order valence-corrected chi connectivity index (χ3v) is 6.25. The fourth-order valence-corrected chi connectivity index (χ4v) is 4.72. The van der Waals surface area contributed by atoms with Crippen molar-refractivity contribution in [2.45, 2.75) is 6.61 Å². The highest BCUT2D eigenvalue weighted by molar-refractivity contribution is 6.34. The molecule has 0 amide bonds. The van der Waals surface area contributed by atoms with Gasteiger partial charge in [0, 0.05) is 43.9 Å². The molecule has 5 rings (SSSR count). The van der Waals surface area contributed by atoms with Gasteiger partial charge in [-0.3, -0.25) is 4.98 Å². The van der Waals surface area contributed by atoms with E-state index >= 15 is 0 Å². The van der Waals surface area contributed by atoms with Crippen LogP contribution in [0.3, 0.4) is 0 Å². The van der Waals surface area contributed by atoms with Crippen molar-refractivity contribution < 1.29 is 5.11 Å². The van der Waals surface area contributed by atoms with E-state index in [4.69, 9.17) is 16.6 Å². The molecule has 0 saturated heterocycles. The highest BCUT2D eigenvalue weighted by Gasteiger charge is 2.20. The van der Waals surface area contributed by atoms with E-state index in [0.29, 0.717) is 5.15 Å². The molecule has 170 valence electrons. The molecular formula is C27H24ClN5O. The van der Waals surface area contributed by atoms with Crippen LogP contribution in [0.15, 0.2) is 73.3 Å². The summed E-state index contributed by atoms with van der Waals surface area (Å²) in [5.41, 5.74) is 7.92. The van der Waals surface area contributed by atoms with E-state index in [2.05, 4.69) is 20.9 Å². The molecule has 5 aromatic rings. The number of benzene rings is 2. The first-order valence-electron chi connectivity index (χ1n) is 10.9. The molecule has 0 fully saturated rings. The average molecular weight is 470 g/mol. The lowest BCUT2D eigenvalue weighted by Gasteiger charge is -2.22. The molecular weight excluding hydrogens is 446 g/mol. The molecule has 7 heteroatoms. The average Bonchev–Trinajstić information content (AvgIpc) is 3.28. The Kier molecular flexibility index (Phi) is 5.77. The Balaban J connectivity index is 1.83. The van der Waals surface area contributed by atoms with Crippen LogP contribution in [-0.2, 0) is 13.7 Å². The summed E-state index contributed by atoms with van der Waals surface area (Å²) >= 11 is 6.71. The van der Waals surface area contributed by atoms with Crippen LogP contribution in [0.25, 0.3) is 44.5 Å². The van der Waals surface area contributed by atoms with Crippen molar-refractivity contribution in [2.75, 3.05) is 19.0 Å². The Morgan fingerprint density at radius 1 is 1.00 bits per heavy atom. The third kappa shape index (κ3) is 3.71. The predicted octanol–water partition coefficient (Wildman–Crippen LogP) is 5.58. The first-order valence-corrected chi connectivity index (χ1v) is 11.3. The maximum atomic E-state index is 10.2. The number of imidazole rings is 1. The van der Waals surface area contributed by atoms with Crippen LogP contribution in [0.4, 0.5) is 5.69 Å². The molecule has 0 radical (unpaired) electrons. The molecule has 0 unspecified atom stereocenters. The lowest BCUT2D eigenvalue weighted by atomic mass is 9.94. The number of aliphatic hydroxyl groups excluding tert-OH is 1. The minimum atomic E-state index is -0.102. The van der Waals surface area contributed by atoms with Gasteiger partial charge in [-0.15, -0.1) is 0 Å². The maximum absolute atomic E-state index is 10.2. The Bertz CT molecular complexity index is 1490. The largest absolute Gasteiger partial charge is 0.392 e. The standard InChI is InChI=1S/C27H24ClN5O/c1-32(2)26-20-13-18(9-10-21(20)31-27(28)24(26)17-7-5-4-6-8-17)23-19(15-34)11-12-30-25(23)22-14-29-16-33(22)3/h4-14,16,34H,15H2,1-3H3. The van der Waals surface area contributed by atoms with E-state index in [9.17, 15) is 5.11 Å². The SMILES string of the molecule is CN(C)c1c(-c2ccccc2)c(Cl)nc2ccc(-c3c(CO)ccnc3-c3cncn3C)cc12. The van der Waals surface area contributed by atoms with Crippen LogP contribution in [0, 0.1) is 0 Å². The van der Waals surface area contributed by atoms with Gasteiger partial charge in [0.2, 0.25) is 0 Å². The van der Waals surface area contributed by atoms with Gasteiger partial charge in [0.1, 0.15) is 5.15 Å². The van der Waals surface area contributed by atoms with Crippen LogP contribution >= 0.6 is 11.6 Å². The molecule has 0 spiro atoms. The number of hydrogen-bond donors (Lipinski definition) is 1. The second kappa shape index (κ2) is 8.89. The maximum Gasteiger partial charge on any atom is 0.139 e. The van der Waals surface area contributed by atoms with Gasteiger partial charge in [-0.05, 0) is 34.9 Å². The first-order chi connectivity index (χ1) is 16.5. The van der Waals surface area contributed by atoms with Crippen molar-refractivity contribution in [2.24, 2.45) is 7.05 Å². The molecule has 6 nitrogen and oxygen atoms in total. The van der Waals surface area contributed by atoms with Gasteiger partial charge >= 0.3 is 0 Å². The summed E-state index contributed by atoms with van der Waals surface area (Å²) in [6.45, 7) is -0.102. The summed E-state index contributed by atoms with van der Waals surface area (Å²) in [7, 11) is 5.95. The molecule has 0 aliphatic rings. The highest BCUT2D eigenvalue weighted by atomic mass is 35.5. The number of fused-ring (bicyclic) bond motifs is 1. The second-order valence-corrected chi connectivity index (χ2v) is 8.72. The van der Waals surface area contributed by atoms with Crippen molar-refractivity contribution in [1.29, 1.82) is 0 Å². The second-order valence-electron chi connectivity index (χ2n) is 8.36. The number of halogens is 1. The van der Waals surface area contributed by atoms with Crippen LogP contribution in [-0.4, -0.2) is 38.7 Å². The molecule has 0 aliphatic carbocycles. The molecule has 0 saturated carbocycles. The van der Waals surface area contributed by atoms with Crippen molar-refractivity contribution >= 4 is 28.2 Å². The summed E-state index contributed by atoms with van der Waals surface area (Å²) in [6.07, 6.45) is 5.25. The number of aliphatic hydroxyl groups is 1. The van der Waals surface area contributed by atoms with Crippen molar-refractivity contribution in [3.63, 3.8) is 0 Å². The number of aryl methyl sites for hydroxylation is 1. The Hall–Kier alpha value is -3.74. The Labute approximate surface area is 203 Å². The zero-order valence-electron chi connectivity index (χ0n) is 19.2.